The number of methoxy groups -OCH3 is 1. The van der Waals surface area contributed by atoms with Crippen LogP contribution in [0.15, 0.2) is 48.5 Å². The van der Waals surface area contributed by atoms with Gasteiger partial charge in [-0.25, -0.2) is 0 Å². The molecule has 4 nitrogen and oxygen atoms in total. The summed E-state index contributed by atoms with van der Waals surface area (Å²) in [6, 6.07) is 14.3. The SMILES string of the molecule is COc1c(Cl)cccc1NC(=O)C(C)Oc1ccccc1. The maximum atomic E-state index is 12.2. The van der Waals surface area contributed by atoms with E-state index in [1.165, 1.54) is 7.11 Å². The van der Waals surface area contributed by atoms with Crippen LogP contribution in [0.5, 0.6) is 11.5 Å². The predicted octanol–water partition coefficient (Wildman–Crippen LogP) is 3.75. The van der Waals surface area contributed by atoms with E-state index < -0.39 is 6.10 Å². The van der Waals surface area contributed by atoms with Gasteiger partial charge in [0.25, 0.3) is 5.91 Å². The number of rotatable bonds is 5. The van der Waals surface area contributed by atoms with Crippen LogP contribution in [-0.2, 0) is 4.79 Å². The molecule has 1 unspecified atom stereocenters. The number of carbonyl (C=O) groups excluding carboxylic acids is 1. The van der Waals surface area contributed by atoms with Crippen molar-refractivity contribution in [3.63, 3.8) is 0 Å². The van der Waals surface area contributed by atoms with Crippen molar-refractivity contribution in [1.29, 1.82) is 0 Å². The minimum Gasteiger partial charge on any atom is -0.493 e. The van der Waals surface area contributed by atoms with Gasteiger partial charge in [-0.05, 0) is 31.2 Å². The van der Waals surface area contributed by atoms with E-state index >= 15 is 0 Å². The summed E-state index contributed by atoms with van der Waals surface area (Å²) in [7, 11) is 1.50. The number of benzene rings is 2. The van der Waals surface area contributed by atoms with Crippen LogP contribution in [0.3, 0.4) is 0 Å². The van der Waals surface area contributed by atoms with E-state index in [1.54, 1.807) is 37.3 Å². The highest BCUT2D eigenvalue weighted by molar-refractivity contribution is 6.32. The lowest BCUT2D eigenvalue weighted by atomic mass is 10.2. The fourth-order valence-corrected chi connectivity index (χ4v) is 2.06. The normalized spacial score (nSPS) is 11.6. The second-order valence-electron chi connectivity index (χ2n) is 4.38. The second kappa shape index (κ2) is 6.99. The topological polar surface area (TPSA) is 47.6 Å². The standard InChI is InChI=1S/C16H16ClNO3/c1-11(21-12-7-4-3-5-8-12)16(19)18-14-10-6-9-13(17)15(14)20-2/h3-11H,1-2H3,(H,18,19). The molecule has 0 heterocycles. The van der Waals surface area contributed by atoms with Gasteiger partial charge < -0.3 is 14.8 Å². The third kappa shape index (κ3) is 3.89. The van der Waals surface area contributed by atoms with E-state index in [0.717, 1.165) is 0 Å². The summed E-state index contributed by atoms with van der Waals surface area (Å²) < 4.78 is 10.8. The van der Waals surface area contributed by atoms with Gasteiger partial charge in [-0.3, -0.25) is 4.79 Å². The Morgan fingerprint density at radius 1 is 1.14 bits per heavy atom. The number of anilines is 1. The van der Waals surface area contributed by atoms with E-state index in [2.05, 4.69) is 5.32 Å². The number of para-hydroxylation sites is 2. The first-order chi connectivity index (χ1) is 10.1. The van der Waals surface area contributed by atoms with Crippen LogP contribution in [0, 0.1) is 0 Å². The summed E-state index contributed by atoms with van der Waals surface area (Å²) in [6.07, 6.45) is -0.643. The van der Waals surface area contributed by atoms with E-state index in [9.17, 15) is 4.79 Å². The number of carbonyl (C=O) groups is 1. The summed E-state index contributed by atoms with van der Waals surface area (Å²) in [5, 5.41) is 3.19. The third-order valence-corrected chi connectivity index (χ3v) is 3.15. The lowest BCUT2D eigenvalue weighted by Crippen LogP contribution is -2.30. The van der Waals surface area contributed by atoms with Crippen molar-refractivity contribution in [2.24, 2.45) is 0 Å². The number of hydrogen-bond donors (Lipinski definition) is 1. The van der Waals surface area contributed by atoms with Crippen molar-refractivity contribution in [1.82, 2.24) is 0 Å². The highest BCUT2D eigenvalue weighted by Crippen LogP contribution is 2.32. The van der Waals surface area contributed by atoms with Crippen LogP contribution in [-0.4, -0.2) is 19.1 Å². The lowest BCUT2D eigenvalue weighted by molar-refractivity contribution is -0.122. The first-order valence-electron chi connectivity index (χ1n) is 6.47. The van der Waals surface area contributed by atoms with Crippen molar-refractivity contribution in [3.05, 3.63) is 53.6 Å². The van der Waals surface area contributed by atoms with Gasteiger partial charge in [-0.15, -0.1) is 0 Å². The Kier molecular flexibility index (Phi) is 5.06. The minimum atomic E-state index is -0.643. The average Bonchev–Trinajstić information content (AvgIpc) is 2.48. The summed E-state index contributed by atoms with van der Waals surface area (Å²) in [6.45, 7) is 1.68. The molecular formula is C16H16ClNO3. The number of halogens is 1. The highest BCUT2D eigenvalue weighted by Gasteiger charge is 2.17. The van der Waals surface area contributed by atoms with Crippen LogP contribution >= 0.6 is 11.6 Å². The molecule has 2 aromatic rings. The van der Waals surface area contributed by atoms with Crippen LogP contribution < -0.4 is 14.8 Å². The Bertz CT molecular complexity index is 616. The molecule has 0 aromatic heterocycles. The zero-order valence-electron chi connectivity index (χ0n) is 11.8. The quantitative estimate of drug-likeness (QED) is 0.915. The van der Waals surface area contributed by atoms with Gasteiger partial charge in [0.2, 0.25) is 0 Å². The minimum absolute atomic E-state index is 0.278. The van der Waals surface area contributed by atoms with Crippen molar-refractivity contribution in [2.45, 2.75) is 13.0 Å². The molecule has 0 saturated heterocycles. The van der Waals surface area contributed by atoms with E-state index in [-0.39, 0.29) is 5.91 Å². The number of hydrogen-bond acceptors (Lipinski definition) is 3. The largest absolute Gasteiger partial charge is 0.493 e. The maximum Gasteiger partial charge on any atom is 0.265 e. The molecule has 0 saturated carbocycles. The Morgan fingerprint density at radius 3 is 2.52 bits per heavy atom. The molecule has 21 heavy (non-hydrogen) atoms. The molecule has 0 aliphatic rings. The first kappa shape index (κ1) is 15.2. The number of ether oxygens (including phenoxy) is 2. The van der Waals surface area contributed by atoms with Crippen LogP contribution in [0.25, 0.3) is 0 Å². The molecule has 5 heteroatoms. The monoisotopic (exact) mass is 305 g/mol. The Hall–Kier alpha value is -2.20. The maximum absolute atomic E-state index is 12.2. The molecule has 0 bridgehead atoms. The summed E-state index contributed by atoms with van der Waals surface area (Å²) >= 11 is 6.01. The molecule has 0 aliphatic carbocycles. The van der Waals surface area contributed by atoms with Crippen molar-refractivity contribution >= 4 is 23.2 Å². The summed E-state index contributed by atoms with van der Waals surface area (Å²) in [4.78, 5) is 12.2. The van der Waals surface area contributed by atoms with Crippen molar-refractivity contribution in [2.75, 3.05) is 12.4 Å². The Morgan fingerprint density at radius 2 is 1.86 bits per heavy atom. The molecule has 110 valence electrons. The molecule has 1 atom stereocenters. The van der Waals surface area contributed by atoms with E-state index in [0.29, 0.717) is 22.2 Å². The van der Waals surface area contributed by atoms with Gasteiger partial charge >= 0.3 is 0 Å². The zero-order chi connectivity index (χ0) is 15.2. The van der Waals surface area contributed by atoms with Gasteiger partial charge in [0.1, 0.15) is 5.75 Å². The predicted molar refractivity (Wildman–Crippen MR) is 83.2 cm³/mol. The van der Waals surface area contributed by atoms with E-state index in [4.69, 9.17) is 21.1 Å². The summed E-state index contributed by atoms with van der Waals surface area (Å²) in [5.41, 5.74) is 0.513. The molecule has 0 fully saturated rings. The van der Waals surface area contributed by atoms with E-state index in [1.807, 2.05) is 18.2 Å². The second-order valence-corrected chi connectivity index (χ2v) is 4.79. The van der Waals surface area contributed by atoms with Crippen molar-refractivity contribution < 1.29 is 14.3 Å². The molecular weight excluding hydrogens is 290 g/mol. The van der Waals surface area contributed by atoms with Gasteiger partial charge in [-0.2, -0.15) is 0 Å². The van der Waals surface area contributed by atoms with Crippen LogP contribution in [0.2, 0.25) is 5.02 Å². The van der Waals surface area contributed by atoms with Gasteiger partial charge in [0.15, 0.2) is 11.9 Å². The summed E-state index contributed by atoms with van der Waals surface area (Å²) in [5.74, 6) is 0.789. The molecule has 2 rings (SSSR count). The molecule has 0 radical (unpaired) electrons. The fraction of sp³-hybridized carbons (Fsp3) is 0.188. The fourth-order valence-electron chi connectivity index (χ4n) is 1.81. The molecule has 2 aromatic carbocycles. The third-order valence-electron chi connectivity index (χ3n) is 2.85. The Labute approximate surface area is 128 Å². The molecule has 1 amide bonds. The molecule has 0 spiro atoms. The smallest absolute Gasteiger partial charge is 0.265 e. The van der Waals surface area contributed by atoms with Gasteiger partial charge in [0.05, 0.1) is 17.8 Å². The molecule has 0 aliphatic heterocycles. The first-order valence-corrected chi connectivity index (χ1v) is 6.84. The van der Waals surface area contributed by atoms with Crippen molar-refractivity contribution in [3.8, 4) is 11.5 Å². The highest BCUT2D eigenvalue weighted by atomic mass is 35.5. The lowest BCUT2D eigenvalue weighted by Gasteiger charge is -2.16. The zero-order valence-corrected chi connectivity index (χ0v) is 12.6. The number of nitrogens with one attached hydrogen (secondary N) is 1. The Balaban J connectivity index is 2.06. The number of amides is 1. The average molecular weight is 306 g/mol. The van der Waals surface area contributed by atoms with Gasteiger partial charge in [-0.1, -0.05) is 35.9 Å². The molecule has 1 N–H and O–H groups in total. The van der Waals surface area contributed by atoms with Crippen LogP contribution in [0.4, 0.5) is 5.69 Å². The van der Waals surface area contributed by atoms with Gasteiger partial charge in [0, 0.05) is 0 Å². The van der Waals surface area contributed by atoms with Crippen LogP contribution in [0.1, 0.15) is 6.92 Å².